The number of carbonyl (C=O) groups is 1. The van der Waals surface area contributed by atoms with Crippen molar-refractivity contribution in [3.8, 4) is 0 Å². The average Bonchev–Trinajstić information content (AvgIpc) is 2.20. The molecule has 3 heteroatoms. The molecule has 92 valence electrons. The van der Waals surface area contributed by atoms with Crippen molar-refractivity contribution in [1.29, 1.82) is 0 Å². The first-order valence-electron chi connectivity index (χ1n) is 6.07. The molecule has 0 spiro atoms. The highest BCUT2D eigenvalue weighted by Gasteiger charge is 2.28. The lowest BCUT2D eigenvalue weighted by atomic mass is 10.00. The molecule has 0 saturated carbocycles. The van der Waals surface area contributed by atoms with Gasteiger partial charge in [0.25, 0.3) is 0 Å². The van der Waals surface area contributed by atoms with Crippen molar-refractivity contribution in [1.82, 2.24) is 5.32 Å². The number of rotatable bonds is 2. The molecule has 1 saturated heterocycles. The molecule has 0 radical (unpaired) electrons. The molecule has 2 rings (SSSR count). The molecule has 1 aromatic carbocycles. The predicted octanol–water partition coefficient (Wildman–Crippen LogP) is 1.79. The second-order valence-corrected chi connectivity index (χ2v) is 4.98. The molecule has 1 aromatic rings. The van der Waals surface area contributed by atoms with Crippen LogP contribution in [0.25, 0.3) is 0 Å². The molecule has 1 aliphatic rings. The molecule has 17 heavy (non-hydrogen) atoms. The number of aryl methyl sites for hydroxylation is 3. The minimum absolute atomic E-state index is 0.154. The SMILES string of the molecule is Cc1cc(C)c(N(C)C(=O)C2CNC2)cc1C. The monoisotopic (exact) mass is 232 g/mol. The Kier molecular flexibility index (Phi) is 3.20. The number of hydrogen-bond donors (Lipinski definition) is 1. The van der Waals surface area contributed by atoms with E-state index in [1.165, 1.54) is 11.1 Å². The fraction of sp³-hybridized carbons (Fsp3) is 0.500. The lowest BCUT2D eigenvalue weighted by Gasteiger charge is -2.31. The normalized spacial score (nSPS) is 15.5. The summed E-state index contributed by atoms with van der Waals surface area (Å²) >= 11 is 0. The van der Waals surface area contributed by atoms with E-state index in [1.54, 1.807) is 4.90 Å². The molecule has 1 fully saturated rings. The number of nitrogens with one attached hydrogen (secondary N) is 1. The van der Waals surface area contributed by atoms with Crippen molar-refractivity contribution in [2.45, 2.75) is 20.8 Å². The van der Waals surface area contributed by atoms with E-state index in [4.69, 9.17) is 0 Å². The van der Waals surface area contributed by atoms with E-state index >= 15 is 0 Å². The van der Waals surface area contributed by atoms with Crippen LogP contribution in [0.4, 0.5) is 5.69 Å². The van der Waals surface area contributed by atoms with Gasteiger partial charge < -0.3 is 10.2 Å². The second kappa shape index (κ2) is 4.49. The van der Waals surface area contributed by atoms with Gasteiger partial charge in [-0.1, -0.05) is 6.07 Å². The highest BCUT2D eigenvalue weighted by atomic mass is 16.2. The highest BCUT2D eigenvalue weighted by molar-refractivity contribution is 5.96. The maximum atomic E-state index is 12.2. The molecule has 3 nitrogen and oxygen atoms in total. The summed E-state index contributed by atoms with van der Waals surface area (Å²) in [6, 6.07) is 4.25. The first-order chi connectivity index (χ1) is 8.00. The van der Waals surface area contributed by atoms with Gasteiger partial charge in [-0.2, -0.15) is 0 Å². The summed E-state index contributed by atoms with van der Waals surface area (Å²) in [6.45, 7) is 7.87. The molecule has 1 aliphatic heterocycles. The number of hydrogen-bond acceptors (Lipinski definition) is 2. The average molecular weight is 232 g/mol. The molecule has 1 N–H and O–H groups in total. The van der Waals surface area contributed by atoms with Gasteiger partial charge in [-0.3, -0.25) is 4.79 Å². The summed E-state index contributed by atoms with van der Waals surface area (Å²) in [5.74, 6) is 0.371. The minimum atomic E-state index is 0.154. The molecule has 0 aromatic heterocycles. The van der Waals surface area contributed by atoms with Gasteiger partial charge in [0.15, 0.2) is 0 Å². The fourth-order valence-corrected chi connectivity index (χ4v) is 2.16. The Morgan fingerprint density at radius 3 is 2.29 bits per heavy atom. The Morgan fingerprint density at radius 1 is 1.18 bits per heavy atom. The van der Waals surface area contributed by atoms with E-state index in [0.717, 1.165) is 24.3 Å². The van der Waals surface area contributed by atoms with Gasteiger partial charge in [0, 0.05) is 25.8 Å². The van der Waals surface area contributed by atoms with Gasteiger partial charge in [0.1, 0.15) is 0 Å². The van der Waals surface area contributed by atoms with Crippen molar-refractivity contribution in [2.24, 2.45) is 5.92 Å². The summed E-state index contributed by atoms with van der Waals surface area (Å²) < 4.78 is 0. The lowest BCUT2D eigenvalue weighted by Crippen LogP contribution is -2.51. The van der Waals surface area contributed by atoms with Gasteiger partial charge in [-0.25, -0.2) is 0 Å². The number of anilines is 1. The third-order valence-electron chi connectivity index (χ3n) is 3.63. The van der Waals surface area contributed by atoms with Gasteiger partial charge in [-0.05, 0) is 43.5 Å². The summed E-state index contributed by atoms with van der Waals surface area (Å²) in [4.78, 5) is 14.0. The number of nitrogens with zero attached hydrogens (tertiary/aromatic N) is 1. The summed E-state index contributed by atoms with van der Waals surface area (Å²) in [7, 11) is 1.87. The fourth-order valence-electron chi connectivity index (χ4n) is 2.16. The van der Waals surface area contributed by atoms with Crippen LogP contribution in [0.15, 0.2) is 12.1 Å². The molecule has 1 heterocycles. The van der Waals surface area contributed by atoms with Crippen LogP contribution < -0.4 is 10.2 Å². The van der Waals surface area contributed by atoms with E-state index in [2.05, 4.69) is 38.2 Å². The smallest absolute Gasteiger partial charge is 0.232 e. The standard InChI is InChI=1S/C14H20N2O/c1-9-5-11(3)13(6-10(9)2)16(4)14(17)12-7-15-8-12/h5-6,12,15H,7-8H2,1-4H3. The Labute approximate surface area is 103 Å². The van der Waals surface area contributed by atoms with E-state index in [1.807, 2.05) is 7.05 Å². The minimum Gasteiger partial charge on any atom is -0.315 e. The molecular weight excluding hydrogens is 212 g/mol. The van der Waals surface area contributed by atoms with Crippen molar-refractivity contribution in [2.75, 3.05) is 25.0 Å². The number of amides is 1. The van der Waals surface area contributed by atoms with Crippen molar-refractivity contribution >= 4 is 11.6 Å². The second-order valence-electron chi connectivity index (χ2n) is 4.98. The zero-order valence-electron chi connectivity index (χ0n) is 11.0. The first-order valence-corrected chi connectivity index (χ1v) is 6.07. The van der Waals surface area contributed by atoms with Crippen LogP contribution in [0.5, 0.6) is 0 Å². The molecular formula is C14H20N2O. The van der Waals surface area contributed by atoms with Crippen LogP contribution in [0.3, 0.4) is 0 Å². The van der Waals surface area contributed by atoms with Crippen molar-refractivity contribution < 1.29 is 4.79 Å². The van der Waals surface area contributed by atoms with Gasteiger partial charge in [0.2, 0.25) is 5.91 Å². The van der Waals surface area contributed by atoms with Crippen LogP contribution in [-0.2, 0) is 4.79 Å². The topological polar surface area (TPSA) is 32.3 Å². The largest absolute Gasteiger partial charge is 0.315 e. The van der Waals surface area contributed by atoms with Crippen LogP contribution in [0, 0.1) is 26.7 Å². The van der Waals surface area contributed by atoms with Crippen LogP contribution in [0.2, 0.25) is 0 Å². The van der Waals surface area contributed by atoms with Gasteiger partial charge >= 0.3 is 0 Å². The molecule has 0 atom stereocenters. The quantitative estimate of drug-likeness (QED) is 0.843. The summed E-state index contributed by atoms with van der Waals surface area (Å²) in [5.41, 5.74) is 4.70. The maximum Gasteiger partial charge on any atom is 0.232 e. The molecule has 0 unspecified atom stereocenters. The number of carbonyl (C=O) groups excluding carboxylic acids is 1. The zero-order chi connectivity index (χ0) is 12.6. The van der Waals surface area contributed by atoms with Crippen molar-refractivity contribution in [3.05, 3.63) is 28.8 Å². The van der Waals surface area contributed by atoms with Crippen LogP contribution in [0.1, 0.15) is 16.7 Å². The van der Waals surface area contributed by atoms with E-state index < -0.39 is 0 Å². The third-order valence-corrected chi connectivity index (χ3v) is 3.63. The van der Waals surface area contributed by atoms with Crippen LogP contribution >= 0.6 is 0 Å². The Morgan fingerprint density at radius 2 is 1.76 bits per heavy atom. The summed E-state index contributed by atoms with van der Waals surface area (Å²) in [5, 5.41) is 3.14. The zero-order valence-corrected chi connectivity index (χ0v) is 11.0. The third kappa shape index (κ3) is 2.20. The maximum absolute atomic E-state index is 12.2. The van der Waals surface area contributed by atoms with E-state index in [9.17, 15) is 4.79 Å². The predicted molar refractivity (Wildman–Crippen MR) is 70.4 cm³/mol. The number of benzene rings is 1. The van der Waals surface area contributed by atoms with E-state index in [-0.39, 0.29) is 11.8 Å². The van der Waals surface area contributed by atoms with Gasteiger partial charge in [0.05, 0.1) is 5.92 Å². The molecule has 0 bridgehead atoms. The Balaban J connectivity index is 2.26. The highest BCUT2D eigenvalue weighted by Crippen LogP contribution is 2.24. The Bertz CT molecular complexity index is 450. The Hall–Kier alpha value is -1.35. The lowest BCUT2D eigenvalue weighted by molar-refractivity contribution is -0.123. The van der Waals surface area contributed by atoms with E-state index in [0.29, 0.717) is 0 Å². The molecule has 0 aliphatic carbocycles. The first kappa shape index (κ1) is 12.1. The summed E-state index contributed by atoms with van der Waals surface area (Å²) in [6.07, 6.45) is 0. The molecule has 1 amide bonds. The van der Waals surface area contributed by atoms with Crippen molar-refractivity contribution in [3.63, 3.8) is 0 Å². The van der Waals surface area contributed by atoms with Crippen LogP contribution in [-0.4, -0.2) is 26.0 Å². The van der Waals surface area contributed by atoms with Gasteiger partial charge in [-0.15, -0.1) is 0 Å².